The average molecular weight is 800 g/mol. The zero-order chi connectivity index (χ0) is 37.5. The van der Waals surface area contributed by atoms with Crippen LogP contribution in [0.2, 0.25) is 0 Å². The topological polar surface area (TPSA) is 212 Å². The summed E-state index contributed by atoms with van der Waals surface area (Å²) < 4.78 is 54.5. The Morgan fingerprint density at radius 2 is 1.04 bits per heavy atom. The van der Waals surface area contributed by atoms with E-state index in [0.717, 1.165) is 60.6 Å². The molecule has 9 atom stereocenters. The quantitative estimate of drug-likeness (QED) is 0.175. The summed E-state index contributed by atoms with van der Waals surface area (Å²) in [5.74, 6) is -5.62. The van der Waals surface area contributed by atoms with E-state index in [1.54, 1.807) is 0 Å². The van der Waals surface area contributed by atoms with Crippen LogP contribution in [0.4, 0.5) is 0 Å². The molecule has 2 aliphatic heterocycles. The monoisotopic (exact) mass is 799 g/mol. The fraction of sp³-hybridized carbons (Fsp3) is 0.545. The van der Waals surface area contributed by atoms with Crippen LogP contribution in [0, 0.1) is 13.5 Å². The number of rotatable bonds is 11. The number of ether oxygens (including phenoxy) is 10. The Balaban J connectivity index is 0.00000144. The van der Waals surface area contributed by atoms with Crippen LogP contribution in [-0.2, 0) is 114 Å². The molecule has 0 aromatic heterocycles. The second-order valence-electron chi connectivity index (χ2n) is 10.9. The van der Waals surface area contributed by atoms with Crippen molar-refractivity contribution in [1.29, 1.82) is 0 Å². The van der Waals surface area contributed by atoms with Crippen LogP contribution in [0.1, 0.15) is 54.0 Å². The zero-order valence-corrected chi connectivity index (χ0v) is 32.1. The van der Waals surface area contributed by atoms with E-state index in [1.165, 1.54) is 0 Å². The first-order chi connectivity index (χ1) is 23.5. The minimum atomic E-state index is -1.72. The van der Waals surface area contributed by atoms with Crippen LogP contribution in [0.5, 0.6) is 0 Å². The van der Waals surface area contributed by atoms with Gasteiger partial charge in [-0.2, -0.15) is 31.2 Å². The fourth-order valence-electron chi connectivity index (χ4n) is 4.77. The van der Waals surface area contributed by atoms with Crippen molar-refractivity contribution in [1.82, 2.24) is 0 Å². The Morgan fingerprint density at radius 3 is 1.49 bits per heavy atom. The standard InChI is InChI=1S/C26H35O17.C7H7.Y/c1-11(27)34-8-18-21(22(38-14(4)30)19(10-36-18)37-13(3)29)43-26-25(41-17(7)33)24(40-16(6)32)23(39-15(5)31)20(42-26)9-35-12(2)28;1-7-5-3-2-4-6-7;/h10,18-26H,8-9H2,1-7H3;2-6H,1H2;/q2*-1;. The van der Waals surface area contributed by atoms with E-state index in [0.29, 0.717) is 0 Å². The molecule has 18 heteroatoms. The van der Waals surface area contributed by atoms with Gasteiger partial charge in [-0.05, 0) is 0 Å². The van der Waals surface area contributed by atoms with Gasteiger partial charge in [0.15, 0.2) is 24.6 Å². The van der Waals surface area contributed by atoms with Crippen molar-refractivity contribution < 1.29 is 114 Å². The molecule has 2 fully saturated rings. The first-order valence-corrected chi connectivity index (χ1v) is 15.3. The van der Waals surface area contributed by atoms with Gasteiger partial charge in [-0.3, -0.25) is 33.6 Å². The summed E-state index contributed by atoms with van der Waals surface area (Å²) in [5, 5.41) is 0. The van der Waals surface area contributed by atoms with Crippen molar-refractivity contribution >= 4 is 41.8 Å². The minimum absolute atomic E-state index is 0. The third kappa shape index (κ3) is 16.1. The van der Waals surface area contributed by atoms with Gasteiger partial charge in [-0.15, -0.1) is 12.1 Å². The second kappa shape index (κ2) is 22.3. The van der Waals surface area contributed by atoms with Gasteiger partial charge in [-0.25, -0.2) is 0 Å². The third-order valence-electron chi connectivity index (χ3n) is 6.54. The molecule has 0 bridgehead atoms. The van der Waals surface area contributed by atoms with Crippen molar-refractivity contribution in [2.75, 3.05) is 13.2 Å². The average Bonchev–Trinajstić information content (AvgIpc) is 2.99. The van der Waals surface area contributed by atoms with Gasteiger partial charge in [0, 0.05) is 87.3 Å². The molecular formula is C33H42O17Y-2. The van der Waals surface area contributed by atoms with Gasteiger partial charge in [0.1, 0.15) is 31.5 Å². The van der Waals surface area contributed by atoms with Gasteiger partial charge in [0.2, 0.25) is 0 Å². The largest absolute Gasteiger partial charge is 0.542 e. The Labute approximate surface area is 320 Å². The van der Waals surface area contributed by atoms with Crippen molar-refractivity contribution in [3.8, 4) is 0 Å². The SMILES string of the molecule is CC(=O)OCC1O[CH-]C(OC(C)=O)C(OC(C)=O)C1OC1OC(COC(C)=O)C(OC(C)=O)C(OC(C)=O)C1OC(C)=O.[CH2-]c1ccccc1.[Y]. The molecule has 0 amide bonds. The zero-order valence-electron chi connectivity index (χ0n) is 29.3. The summed E-state index contributed by atoms with van der Waals surface area (Å²) >= 11 is 0. The summed E-state index contributed by atoms with van der Waals surface area (Å²) in [4.78, 5) is 83.3. The maximum Gasteiger partial charge on any atom is 0.303 e. The number of benzene rings is 1. The maximum absolute atomic E-state index is 12.2. The number of hydrogen-bond donors (Lipinski definition) is 0. The molecule has 17 nitrogen and oxygen atoms in total. The molecule has 2 saturated heterocycles. The number of hydrogen-bond acceptors (Lipinski definition) is 17. The van der Waals surface area contributed by atoms with Crippen LogP contribution in [-0.4, -0.2) is 110 Å². The predicted octanol–water partition coefficient (Wildman–Crippen LogP) is 1.31. The third-order valence-corrected chi connectivity index (χ3v) is 6.54. The summed E-state index contributed by atoms with van der Waals surface area (Å²) in [5.41, 5.74) is 1.07. The Morgan fingerprint density at radius 1 is 0.588 bits per heavy atom. The molecule has 1 aromatic carbocycles. The number of carbonyl (C=O) groups excluding carboxylic acids is 7. The van der Waals surface area contributed by atoms with Crippen LogP contribution >= 0.6 is 0 Å². The summed E-state index contributed by atoms with van der Waals surface area (Å²) in [6.07, 6.45) is -13.2. The molecule has 51 heavy (non-hydrogen) atoms. The van der Waals surface area contributed by atoms with Crippen molar-refractivity contribution in [3.63, 3.8) is 0 Å². The molecule has 9 unspecified atom stereocenters. The van der Waals surface area contributed by atoms with Crippen molar-refractivity contribution in [2.45, 2.75) is 104 Å². The smallest absolute Gasteiger partial charge is 0.303 e. The van der Waals surface area contributed by atoms with E-state index >= 15 is 0 Å². The Bertz CT molecular complexity index is 1340. The van der Waals surface area contributed by atoms with Gasteiger partial charge < -0.3 is 47.4 Å². The molecule has 0 saturated carbocycles. The van der Waals surface area contributed by atoms with Crippen LogP contribution in [0.3, 0.4) is 0 Å². The molecule has 0 spiro atoms. The molecule has 1 aromatic rings. The summed E-state index contributed by atoms with van der Waals surface area (Å²) in [6.45, 7) is 11.3. The Hall–Kier alpha value is -3.64. The van der Waals surface area contributed by atoms with E-state index in [4.69, 9.17) is 47.4 Å². The molecule has 2 aliphatic rings. The van der Waals surface area contributed by atoms with Gasteiger partial charge in [0.25, 0.3) is 5.97 Å². The summed E-state index contributed by atoms with van der Waals surface area (Å²) in [6, 6.07) is 9.87. The molecule has 0 N–H and O–H groups in total. The Kier molecular flexibility index (Phi) is 19.9. The fourth-order valence-corrected chi connectivity index (χ4v) is 4.77. The predicted molar refractivity (Wildman–Crippen MR) is 165 cm³/mol. The molecule has 281 valence electrons. The van der Waals surface area contributed by atoms with Crippen LogP contribution in [0.25, 0.3) is 0 Å². The first kappa shape index (κ1) is 45.4. The van der Waals surface area contributed by atoms with E-state index in [1.807, 2.05) is 30.3 Å². The van der Waals surface area contributed by atoms with E-state index < -0.39 is 110 Å². The number of esters is 7. The van der Waals surface area contributed by atoms with Crippen LogP contribution < -0.4 is 0 Å². The molecular weight excluding hydrogens is 757 g/mol. The second-order valence-corrected chi connectivity index (χ2v) is 10.9. The molecule has 2 heterocycles. The van der Waals surface area contributed by atoms with Crippen LogP contribution in [0.15, 0.2) is 30.3 Å². The summed E-state index contributed by atoms with van der Waals surface area (Å²) in [7, 11) is 0. The van der Waals surface area contributed by atoms with Gasteiger partial charge in [0.05, 0.1) is 6.10 Å². The minimum Gasteiger partial charge on any atom is -0.542 e. The number of carbonyl (C=O) groups is 7. The van der Waals surface area contributed by atoms with Crippen molar-refractivity contribution in [2.24, 2.45) is 0 Å². The van der Waals surface area contributed by atoms with E-state index in [9.17, 15) is 33.6 Å². The molecule has 0 aliphatic carbocycles. The van der Waals surface area contributed by atoms with Crippen molar-refractivity contribution in [3.05, 3.63) is 49.4 Å². The van der Waals surface area contributed by atoms with E-state index in [-0.39, 0.29) is 32.7 Å². The molecule has 1 radical (unpaired) electrons. The normalized spacial score (nSPS) is 26.6. The van der Waals surface area contributed by atoms with E-state index in [2.05, 4.69) is 6.92 Å². The first-order valence-electron chi connectivity index (χ1n) is 15.3. The molecule has 3 rings (SSSR count). The van der Waals surface area contributed by atoms with Gasteiger partial charge in [-0.1, -0.05) is 6.07 Å². The maximum atomic E-state index is 12.2. The van der Waals surface area contributed by atoms with Gasteiger partial charge >= 0.3 is 35.8 Å².